The van der Waals surface area contributed by atoms with E-state index in [1.54, 1.807) is 24.3 Å². The van der Waals surface area contributed by atoms with Gasteiger partial charge in [-0.05, 0) is 60.9 Å². The molecule has 1 fully saturated rings. The predicted octanol–water partition coefficient (Wildman–Crippen LogP) is 5.05. The number of anilines is 1. The maximum absolute atomic E-state index is 13.3. The quantitative estimate of drug-likeness (QED) is 0.463. The van der Waals surface area contributed by atoms with E-state index < -0.39 is 30.0 Å². The van der Waals surface area contributed by atoms with Crippen LogP contribution in [0.25, 0.3) is 0 Å². The molecule has 3 unspecified atom stereocenters. The van der Waals surface area contributed by atoms with Crippen molar-refractivity contribution in [3.05, 3.63) is 101 Å². The van der Waals surface area contributed by atoms with Crippen molar-refractivity contribution in [1.29, 1.82) is 0 Å². The topological polar surface area (TPSA) is 87.7 Å². The third kappa shape index (κ3) is 5.71. The van der Waals surface area contributed by atoms with Crippen LogP contribution in [0.2, 0.25) is 0 Å². The normalized spacial score (nSPS) is 17.9. The highest BCUT2D eigenvalue weighted by atomic mass is 19.1. The zero-order valence-corrected chi connectivity index (χ0v) is 20.1. The van der Waals surface area contributed by atoms with Gasteiger partial charge in [-0.15, -0.1) is 0 Å². The van der Waals surface area contributed by atoms with E-state index in [1.165, 1.54) is 29.2 Å². The van der Waals surface area contributed by atoms with Crippen LogP contribution in [-0.2, 0) is 16.1 Å². The van der Waals surface area contributed by atoms with Gasteiger partial charge in [-0.3, -0.25) is 14.5 Å². The Kier molecular flexibility index (Phi) is 7.63. The summed E-state index contributed by atoms with van der Waals surface area (Å²) in [6, 6.07) is 20.5. The summed E-state index contributed by atoms with van der Waals surface area (Å²) in [5.41, 5.74) is 2.20. The summed E-state index contributed by atoms with van der Waals surface area (Å²) >= 11 is 0. The summed E-state index contributed by atoms with van der Waals surface area (Å²) in [5, 5.41) is 5.74. The van der Waals surface area contributed by atoms with Crippen molar-refractivity contribution in [2.45, 2.75) is 45.0 Å². The molecule has 3 aromatic carbocycles. The van der Waals surface area contributed by atoms with E-state index in [1.807, 2.05) is 44.2 Å². The van der Waals surface area contributed by atoms with Gasteiger partial charge in [0.25, 0.3) is 5.91 Å². The molecule has 186 valence electrons. The maximum Gasteiger partial charge on any atom is 0.411 e. The smallest absolute Gasteiger partial charge is 0.411 e. The zero-order chi connectivity index (χ0) is 25.7. The lowest BCUT2D eigenvalue weighted by Gasteiger charge is -2.26. The standard InChI is InChI=1S/C28H28FN3O4/c1-3-18(2)30-27(34)24-25(36-28(35)32(24)17-19-8-5-4-6-9-19)21-10-7-11-23(16-21)31-26(33)20-12-14-22(29)15-13-20/h4-16,18,24-25H,3,17H2,1-2H3,(H,30,34)(H,31,33). The summed E-state index contributed by atoms with van der Waals surface area (Å²) in [7, 11) is 0. The van der Waals surface area contributed by atoms with Crippen molar-refractivity contribution in [3.63, 3.8) is 0 Å². The highest BCUT2D eigenvalue weighted by Crippen LogP contribution is 2.35. The van der Waals surface area contributed by atoms with E-state index in [9.17, 15) is 18.8 Å². The van der Waals surface area contributed by atoms with Gasteiger partial charge in [0, 0.05) is 17.3 Å². The minimum atomic E-state index is -0.894. The molecule has 4 rings (SSSR count). The lowest BCUT2D eigenvalue weighted by molar-refractivity contribution is -0.127. The van der Waals surface area contributed by atoms with E-state index in [0.29, 0.717) is 16.8 Å². The van der Waals surface area contributed by atoms with Gasteiger partial charge in [0.15, 0.2) is 12.1 Å². The average molecular weight is 490 g/mol. The van der Waals surface area contributed by atoms with Crippen LogP contribution in [0.15, 0.2) is 78.9 Å². The number of cyclic esters (lactones) is 1. The molecule has 0 aromatic heterocycles. The Morgan fingerprint density at radius 1 is 1.03 bits per heavy atom. The summed E-state index contributed by atoms with van der Waals surface area (Å²) in [5.74, 6) is -1.15. The molecule has 0 spiro atoms. The molecule has 0 bridgehead atoms. The first kappa shape index (κ1) is 24.9. The largest absolute Gasteiger partial charge is 0.438 e. The van der Waals surface area contributed by atoms with Gasteiger partial charge in [0.05, 0.1) is 6.54 Å². The number of benzene rings is 3. The van der Waals surface area contributed by atoms with E-state index in [0.717, 1.165) is 12.0 Å². The van der Waals surface area contributed by atoms with Gasteiger partial charge in [-0.2, -0.15) is 0 Å². The van der Waals surface area contributed by atoms with Crippen LogP contribution in [0.5, 0.6) is 0 Å². The van der Waals surface area contributed by atoms with Crippen molar-refractivity contribution in [2.24, 2.45) is 0 Å². The second-order valence-electron chi connectivity index (χ2n) is 8.77. The first-order chi connectivity index (χ1) is 17.4. The number of halogens is 1. The van der Waals surface area contributed by atoms with Crippen LogP contribution in [0.1, 0.15) is 47.9 Å². The first-order valence-electron chi connectivity index (χ1n) is 11.8. The summed E-state index contributed by atoms with van der Waals surface area (Å²) in [6.45, 7) is 4.08. The Morgan fingerprint density at radius 3 is 2.44 bits per heavy atom. The molecule has 0 radical (unpaired) electrons. The van der Waals surface area contributed by atoms with Crippen LogP contribution in [0.3, 0.4) is 0 Å². The molecule has 2 N–H and O–H groups in total. The number of nitrogens with zero attached hydrogens (tertiary/aromatic N) is 1. The molecule has 1 aliphatic heterocycles. The number of rotatable bonds is 8. The fraction of sp³-hybridized carbons (Fsp3) is 0.250. The van der Waals surface area contributed by atoms with Gasteiger partial charge in [0.1, 0.15) is 5.82 Å². The lowest BCUT2D eigenvalue weighted by atomic mass is 9.99. The molecule has 0 aliphatic carbocycles. The number of carbonyl (C=O) groups excluding carboxylic acids is 3. The van der Waals surface area contributed by atoms with E-state index in [-0.39, 0.29) is 18.5 Å². The zero-order valence-electron chi connectivity index (χ0n) is 20.1. The Hall–Kier alpha value is -4.20. The van der Waals surface area contributed by atoms with Crippen molar-refractivity contribution < 1.29 is 23.5 Å². The SMILES string of the molecule is CCC(C)NC(=O)C1C(c2cccc(NC(=O)c3ccc(F)cc3)c2)OC(=O)N1Cc1ccccc1. The van der Waals surface area contributed by atoms with E-state index >= 15 is 0 Å². The average Bonchev–Trinajstić information content (AvgIpc) is 3.21. The monoisotopic (exact) mass is 489 g/mol. The summed E-state index contributed by atoms with van der Waals surface area (Å²) < 4.78 is 18.9. The number of hydrogen-bond donors (Lipinski definition) is 2. The second-order valence-corrected chi connectivity index (χ2v) is 8.77. The second kappa shape index (κ2) is 11.0. The molecule has 3 amide bonds. The third-order valence-electron chi connectivity index (χ3n) is 6.13. The van der Waals surface area contributed by atoms with Crippen molar-refractivity contribution in [1.82, 2.24) is 10.2 Å². The highest BCUT2D eigenvalue weighted by Gasteiger charge is 2.47. The molecule has 3 atom stereocenters. The van der Waals surface area contributed by atoms with Crippen molar-refractivity contribution in [3.8, 4) is 0 Å². The number of carbonyl (C=O) groups is 3. The van der Waals surface area contributed by atoms with Crippen LogP contribution in [0, 0.1) is 5.82 Å². The molecule has 1 aliphatic rings. The predicted molar refractivity (Wildman–Crippen MR) is 134 cm³/mol. The highest BCUT2D eigenvalue weighted by molar-refractivity contribution is 6.04. The van der Waals surface area contributed by atoms with Gasteiger partial charge in [0.2, 0.25) is 5.91 Å². The number of amides is 3. The fourth-order valence-electron chi connectivity index (χ4n) is 4.02. The molecule has 3 aromatic rings. The Balaban J connectivity index is 1.60. The molecule has 8 heteroatoms. The Morgan fingerprint density at radius 2 is 1.75 bits per heavy atom. The molecule has 36 heavy (non-hydrogen) atoms. The van der Waals surface area contributed by atoms with Crippen molar-refractivity contribution in [2.75, 3.05) is 5.32 Å². The molecule has 1 heterocycles. The molecule has 0 saturated carbocycles. The maximum atomic E-state index is 13.3. The van der Waals surface area contributed by atoms with Crippen LogP contribution in [0.4, 0.5) is 14.9 Å². The summed E-state index contributed by atoms with van der Waals surface area (Å²) in [4.78, 5) is 40.3. The van der Waals surface area contributed by atoms with Crippen molar-refractivity contribution >= 4 is 23.6 Å². The minimum Gasteiger partial charge on any atom is -0.438 e. The number of ether oxygens (including phenoxy) is 1. The van der Waals surface area contributed by atoms with E-state index in [2.05, 4.69) is 10.6 Å². The third-order valence-corrected chi connectivity index (χ3v) is 6.13. The first-order valence-corrected chi connectivity index (χ1v) is 11.8. The molecular formula is C28H28FN3O4. The fourth-order valence-corrected chi connectivity index (χ4v) is 4.02. The lowest BCUT2D eigenvalue weighted by Crippen LogP contribution is -2.48. The van der Waals surface area contributed by atoms with Crippen LogP contribution in [-0.4, -0.2) is 34.9 Å². The van der Waals surface area contributed by atoms with Gasteiger partial charge in [-0.1, -0.05) is 49.4 Å². The summed E-state index contributed by atoms with van der Waals surface area (Å²) in [6.07, 6.45) is -0.719. The minimum absolute atomic E-state index is 0.0752. The molecule has 7 nitrogen and oxygen atoms in total. The number of hydrogen-bond acceptors (Lipinski definition) is 4. The molecule has 1 saturated heterocycles. The molecular weight excluding hydrogens is 461 g/mol. The van der Waals surface area contributed by atoms with E-state index in [4.69, 9.17) is 4.74 Å². The van der Waals surface area contributed by atoms with Crippen LogP contribution < -0.4 is 10.6 Å². The Labute approximate surface area is 209 Å². The van der Waals surface area contributed by atoms with Gasteiger partial charge >= 0.3 is 6.09 Å². The number of nitrogens with one attached hydrogen (secondary N) is 2. The van der Waals surface area contributed by atoms with Crippen LogP contribution >= 0.6 is 0 Å². The van der Waals surface area contributed by atoms with Gasteiger partial charge in [-0.25, -0.2) is 9.18 Å². The van der Waals surface area contributed by atoms with Gasteiger partial charge < -0.3 is 15.4 Å². The Bertz CT molecular complexity index is 1230.